The molecule has 1 aliphatic rings. The lowest BCUT2D eigenvalue weighted by Gasteiger charge is -2.29. The monoisotopic (exact) mass is 281 g/mol. The van der Waals surface area contributed by atoms with Gasteiger partial charge in [-0.2, -0.15) is 0 Å². The molecule has 0 amide bonds. The first-order valence-electron chi connectivity index (χ1n) is 7.34. The molecule has 2 heterocycles. The van der Waals surface area contributed by atoms with Gasteiger partial charge < -0.3 is 14.4 Å². The molecule has 0 atom stereocenters. The molecule has 2 rings (SSSR count). The normalized spacial score (nSPS) is 15.4. The van der Waals surface area contributed by atoms with Gasteiger partial charge in [0.2, 0.25) is 0 Å². The van der Waals surface area contributed by atoms with Gasteiger partial charge in [-0.25, -0.2) is 4.68 Å². The van der Waals surface area contributed by atoms with Crippen molar-refractivity contribution in [3.8, 4) is 5.88 Å². The summed E-state index contributed by atoms with van der Waals surface area (Å²) in [6, 6.07) is 1.63. The number of aromatic nitrogens is 2. The highest BCUT2D eigenvalue weighted by Gasteiger charge is 2.18. The molecule has 0 spiro atoms. The quantitative estimate of drug-likeness (QED) is 0.735. The number of hydrogen-bond donors (Lipinski definition) is 0. The first kappa shape index (κ1) is 14.8. The van der Waals surface area contributed by atoms with Crippen LogP contribution in [0.4, 0.5) is 5.69 Å². The number of nitrogens with zero attached hydrogens (tertiary/aromatic N) is 3. The average Bonchev–Trinajstić information content (AvgIpc) is 2.49. The molecule has 6 heteroatoms. The van der Waals surface area contributed by atoms with Gasteiger partial charge in [0, 0.05) is 25.7 Å². The zero-order valence-corrected chi connectivity index (χ0v) is 12.3. The van der Waals surface area contributed by atoms with Crippen LogP contribution in [0.3, 0.4) is 0 Å². The van der Waals surface area contributed by atoms with E-state index in [-0.39, 0.29) is 5.56 Å². The Morgan fingerprint density at radius 3 is 2.75 bits per heavy atom. The highest BCUT2D eigenvalue weighted by molar-refractivity contribution is 5.54. The van der Waals surface area contributed by atoms with E-state index in [1.165, 1.54) is 4.68 Å². The Morgan fingerprint density at radius 1 is 1.35 bits per heavy atom. The molecule has 0 unspecified atom stereocenters. The summed E-state index contributed by atoms with van der Waals surface area (Å²) in [6.07, 6.45) is 2.05. The highest BCUT2D eigenvalue weighted by atomic mass is 16.5. The molecule has 0 radical (unpaired) electrons. The molecular formula is C14H23N3O3. The van der Waals surface area contributed by atoms with Gasteiger partial charge in [0.05, 0.1) is 19.8 Å². The molecule has 6 nitrogen and oxygen atoms in total. The topological polar surface area (TPSA) is 56.6 Å². The van der Waals surface area contributed by atoms with Gasteiger partial charge in [0.25, 0.3) is 11.4 Å². The van der Waals surface area contributed by atoms with Gasteiger partial charge in [-0.05, 0) is 13.3 Å². The summed E-state index contributed by atoms with van der Waals surface area (Å²) in [5.74, 6) is 0.557. The number of unbranched alkanes of at least 4 members (excludes halogenated alkanes) is 1. The highest BCUT2D eigenvalue weighted by Crippen LogP contribution is 2.25. The lowest BCUT2D eigenvalue weighted by atomic mass is 10.3. The second-order valence-electron chi connectivity index (χ2n) is 4.79. The number of aryl methyl sites for hydroxylation is 1. The summed E-state index contributed by atoms with van der Waals surface area (Å²) in [7, 11) is 0. The van der Waals surface area contributed by atoms with Crippen molar-refractivity contribution >= 4 is 5.69 Å². The molecule has 20 heavy (non-hydrogen) atoms. The van der Waals surface area contributed by atoms with Crippen molar-refractivity contribution in [3.05, 3.63) is 16.4 Å². The number of ether oxygens (including phenoxy) is 2. The zero-order chi connectivity index (χ0) is 14.4. The van der Waals surface area contributed by atoms with E-state index in [9.17, 15) is 4.79 Å². The molecule has 1 saturated heterocycles. The SMILES string of the molecule is CCCCOc1nn(CC)c(=O)cc1N1CCOCC1. The number of hydrogen-bond acceptors (Lipinski definition) is 5. The maximum Gasteiger partial charge on any atom is 0.269 e. The van der Waals surface area contributed by atoms with E-state index < -0.39 is 0 Å². The molecule has 0 aromatic carbocycles. The molecule has 0 saturated carbocycles. The van der Waals surface area contributed by atoms with Gasteiger partial charge in [0.1, 0.15) is 5.69 Å². The number of morpholine rings is 1. The van der Waals surface area contributed by atoms with Crippen LogP contribution in [-0.2, 0) is 11.3 Å². The summed E-state index contributed by atoms with van der Waals surface area (Å²) in [6.45, 7) is 8.07. The Bertz CT molecular complexity index is 481. The van der Waals surface area contributed by atoms with E-state index in [1.807, 2.05) is 6.92 Å². The van der Waals surface area contributed by atoms with E-state index in [0.717, 1.165) is 31.6 Å². The minimum Gasteiger partial charge on any atom is -0.475 e. The Labute approximate surface area is 119 Å². The summed E-state index contributed by atoms with van der Waals surface area (Å²) < 4.78 is 12.6. The molecular weight excluding hydrogens is 258 g/mol. The fraction of sp³-hybridized carbons (Fsp3) is 0.714. The van der Waals surface area contributed by atoms with Crippen LogP contribution >= 0.6 is 0 Å². The third kappa shape index (κ3) is 3.50. The van der Waals surface area contributed by atoms with Crippen molar-refractivity contribution in [2.75, 3.05) is 37.8 Å². The van der Waals surface area contributed by atoms with Crippen molar-refractivity contribution in [2.45, 2.75) is 33.2 Å². The van der Waals surface area contributed by atoms with Crippen LogP contribution in [0.1, 0.15) is 26.7 Å². The summed E-state index contributed by atoms with van der Waals surface area (Å²) >= 11 is 0. The van der Waals surface area contributed by atoms with Gasteiger partial charge in [-0.15, -0.1) is 5.10 Å². The Balaban J connectivity index is 2.26. The van der Waals surface area contributed by atoms with Crippen molar-refractivity contribution in [1.82, 2.24) is 9.78 Å². The van der Waals surface area contributed by atoms with Crippen molar-refractivity contribution < 1.29 is 9.47 Å². The summed E-state index contributed by atoms with van der Waals surface area (Å²) in [5, 5.41) is 4.34. The van der Waals surface area contributed by atoms with Crippen LogP contribution in [0.25, 0.3) is 0 Å². The first-order valence-corrected chi connectivity index (χ1v) is 7.34. The molecule has 0 aliphatic carbocycles. The number of rotatable bonds is 6. The van der Waals surface area contributed by atoms with E-state index in [1.54, 1.807) is 6.07 Å². The maximum atomic E-state index is 12.0. The van der Waals surface area contributed by atoms with Crippen LogP contribution in [0.2, 0.25) is 0 Å². The number of anilines is 1. The Morgan fingerprint density at radius 2 is 2.10 bits per heavy atom. The zero-order valence-electron chi connectivity index (χ0n) is 12.3. The molecule has 0 bridgehead atoms. The predicted octanol–water partition coefficient (Wildman–Crippen LogP) is 1.28. The lowest BCUT2D eigenvalue weighted by molar-refractivity contribution is 0.122. The Kier molecular flexibility index (Phi) is 5.40. The molecule has 1 aromatic heterocycles. The smallest absolute Gasteiger partial charge is 0.269 e. The summed E-state index contributed by atoms with van der Waals surface area (Å²) in [4.78, 5) is 14.1. The average molecular weight is 281 g/mol. The molecule has 0 N–H and O–H groups in total. The van der Waals surface area contributed by atoms with Gasteiger partial charge in [-0.1, -0.05) is 13.3 Å². The van der Waals surface area contributed by atoms with Crippen LogP contribution < -0.4 is 15.2 Å². The Hall–Kier alpha value is -1.56. The van der Waals surface area contributed by atoms with Crippen molar-refractivity contribution in [3.63, 3.8) is 0 Å². The standard InChI is InChI=1S/C14H23N3O3/c1-3-5-8-20-14-12(16-6-9-19-10-7-16)11-13(18)17(4-2)15-14/h11H,3-10H2,1-2H3. The van der Waals surface area contributed by atoms with Gasteiger partial charge >= 0.3 is 0 Å². The second kappa shape index (κ2) is 7.28. The van der Waals surface area contributed by atoms with E-state index in [0.29, 0.717) is 32.2 Å². The van der Waals surface area contributed by atoms with Gasteiger partial charge in [-0.3, -0.25) is 4.79 Å². The molecule has 1 fully saturated rings. The molecule has 112 valence electrons. The third-order valence-corrected chi connectivity index (χ3v) is 3.33. The van der Waals surface area contributed by atoms with Crippen LogP contribution in [0.5, 0.6) is 5.88 Å². The minimum absolute atomic E-state index is 0.0863. The minimum atomic E-state index is -0.0863. The van der Waals surface area contributed by atoms with Crippen molar-refractivity contribution in [1.29, 1.82) is 0 Å². The molecule has 1 aromatic rings. The molecule has 1 aliphatic heterocycles. The van der Waals surface area contributed by atoms with E-state index >= 15 is 0 Å². The lowest BCUT2D eigenvalue weighted by Crippen LogP contribution is -2.38. The predicted molar refractivity (Wildman–Crippen MR) is 77.6 cm³/mol. The third-order valence-electron chi connectivity index (χ3n) is 3.33. The fourth-order valence-corrected chi connectivity index (χ4v) is 2.14. The maximum absolute atomic E-state index is 12.0. The van der Waals surface area contributed by atoms with Gasteiger partial charge in [0.15, 0.2) is 0 Å². The largest absolute Gasteiger partial charge is 0.475 e. The fourth-order valence-electron chi connectivity index (χ4n) is 2.14. The van der Waals surface area contributed by atoms with Crippen LogP contribution in [-0.4, -0.2) is 42.7 Å². The van der Waals surface area contributed by atoms with Crippen molar-refractivity contribution in [2.24, 2.45) is 0 Å². The van der Waals surface area contributed by atoms with Crippen LogP contribution in [0, 0.1) is 0 Å². The van der Waals surface area contributed by atoms with Crippen LogP contribution in [0.15, 0.2) is 10.9 Å². The van der Waals surface area contributed by atoms with E-state index in [2.05, 4.69) is 16.9 Å². The summed E-state index contributed by atoms with van der Waals surface area (Å²) in [5.41, 5.74) is 0.705. The second-order valence-corrected chi connectivity index (χ2v) is 4.79. The van der Waals surface area contributed by atoms with E-state index in [4.69, 9.17) is 9.47 Å². The first-order chi connectivity index (χ1) is 9.76.